The van der Waals surface area contributed by atoms with E-state index in [9.17, 15) is 0 Å². The van der Waals surface area contributed by atoms with Crippen LogP contribution in [0.1, 0.15) is 39.5 Å². The fourth-order valence-electron chi connectivity index (χ4n) is 2.17. The molecule has 0 saturated carbocycles. The lowest BCUT2D eigenvalue weighted by molar-refractivity contribution is 0.0137. The summed E-state index contributed by atoms with van der Waals surface area (Å²) in [5.41, 5.74) is 0. The molecule has 0 amide bonds. The largest absolute Gasteiger partial charge is 0.385 e. The summed E-state index contributed by atoms with van der Waals surface area (Å²) in [6.07, 6.45) is 5.27. The van der Waals surface area contributed by atoms with Gasteiger partial charge in [0.2, 0.25) is 0 Å². The van der Waals surface area contributed by atoms with Gasteiger partial charge in [-0.1, -0.05) is 13.8 Å². The van der Waals surface area contributed by atoms with Crippen molar-refractivity contribution in [3.8, 4) is 0 Å². The first kappa shape index (κ1) is 13.9. The second-order valence-electron chi connectivity index (χ2n) is 5.03. The van der Waals surface area contributed by atoms with Crippen LogP contribution in [0.2, 0.25) is 0 Å². The Labute approximate surface area is 99.9 Å². The van der Waals surface area contributed by atoms with Crippen LogP contribution in [-0.4, -0.2) is 39.0 Å². The molecule has 1 saturated heterocycles. The summed E-state index contributed by atoms with van der Waals surface area (Å²) < 4.78 is 10.9. The van der Waals surface area contributed by atoms with Crippen molar-refractivity contribution < 1.29 is 9.47 Å². The van der Waals surface area contributed by atoms with Gasteiger partial charge in [0.05, 0.1) is 6.10 Å². The summed E-state index contributed by atoms with van der Waals surface area (Å²) in [5.74, 6) is 0.652. The lowest BCUT2D eigenvalue weighted by Gasteiger charge is -2.27. The van der Waals surface area contributed by atoms with Gasteiger partial charge < -0.3 is 14.8 Å². The van der Waals surface area contributed by atoms with Crippen molar-refractivity contribution in [2.24, 2.45) is 5.92 Å². The molecule has 1 fully saturated rings. The maximum atomic E-state index is 5.72. The SMILES string of the molecule is COCCC(NCC1CCCCO1)C(C)C. The van der Waals surface area contributed by atoms with E-state index in [2.05, 4.69) is 19.2 Å². The third-order valence-corrected chi connectivity index (χ3v) is 3.32. The van der Waals surface area contributed by atoms with Crippen molar-refractivity contribution in [2.45, 2.75) is 51.7 Å². The summed E-state index contributed by atoms with van der Waals surface area (Å²) >= 11 is 0. The van der Waals surface area contributed by atoms with Crippen molar-refractivity contribution in [2.75, 3.05) is 26.9 Å². The lowest BCUT2D eigenvalue weighted by Crippen LogP contribution is -2.41. The zero-order chi connectivity index (χ0) is 11.8. The van der Waals surface area contributed by atoms with Gasteiger partial charge in [-0.2, -0.15) is 0 Å². The molecule has 0 spiro atoms. The molecule has 1 N–H and O–H groups in total. The monoisotopic (exact) mass is 229 g/mol. The topological polar surface area (TPSA) is 30.5 Å². The zero-order valence-corrected chi connectivity index (χ0v) is 11.0. The van der Waals surface area contributed by atoms with Crippen molar-refractivity contribution in [3.05, 3.63) is 0 Å². The van der Waals surface area contributed by atoms with Crippen LogP contribution in [0.4, 0.5) is 0 Å². The quantitative estimate of drug-likeness (QED) is 0.726. The first-order chi connectivity index (χ1) is 7.74. The molecule has 2 atom stereocenters. The van der Waals surface area contributed by atoms with Crippen molar-refractivity contribution >= 4 is 0 Å². The third-order valence-electron chi connectivity index (χ3n) is 3.32. The van der Waals surface area contributed by atoms with E-state index < -0.39 is 0 Å². The zero-order valence-electron chi connectivity index (χ0n) is 11.0. The molecule has 16 heavy (non-hydrogen) atoms. The van der Waals surface area contributed by atoms with Gasteiger partial charge in [-0.3, -0.25) is 0 Å². The summed E-state index contributed by atoms with van der Waals surface area (Å²) in [4.78, 5) is 0. The van der Waals surface area contributed by atoms with Crippen LogP contribution in [0.15, 0.2) is 0 Å². The Hall–Kier alpha value is -0.120. The van der Waals surface area contributed by atoms with E-state index in [1.807, 2.05) is 0 Å². The Morgan fingerprint density at radius 1 is 1.38 bits per heavy atom. The normalized spacial score (nSPS) is 23.6. The highest BCUT2D eigenvalue weighted by atomic mass is 16.5. The second kappa shape index (κ2) is 8.04. The Bertz CT molecular complexity index is 167. The van der Waals surface area contributed by atoms with Gasteiger partial charge in [-0.05, 0) is 31.6 Å². The van der Waals surface area contributed by atoms with Crippen LogP contribution in [0.25, 0.3) is 0 Å². The molecule has 0 aromatic carbocycles. The third kappa shape index (κ3) is 5.28. The maximum Gasteiger partial charge on any atom is 0.0699 e. The highest BCUT2D eigenvalue weighted by molar-refractivity contribution is 4.74. The molecule has 2 unspecified atom stereocenters. The molecular formula is C13H27NO2. The molecule has 96 valence electrons. The van der Waals surface area contributed by atoms with Crippen LogP contribution in [0, 0.1) is 5.92 Å². The molecule has 3 heteroatoms. The Morgan fingerprint density at radius 3 is 2.75 bits per heavy atom. The molecule has 3 nitrogen and oxygen atoms in total. The average Bonchev–Trinajstić information content (AvgIpc) is 2.30. The molecule has 0 bridgehead atoms. The predicted molar refractivity (Wildman–Crippen MR) is 66.7 cm³/mol. The standard InChI is InChI=1S/C13H27NO2/c1-11(2)13(7-9-15-3)14-10-12-6-4-5-8-16-12/h11-14H,4-10H2,1-3H3. The maximum absolute atomic E-state index is 5.72. The minimum absolute atomic E-state index is 0.428. The Balaban J connectivity index is 2.19. The number of rotatable bonds is 7. The minimum atomic E-state index is 0.428. The molecule has 0 aromatic rings. The predicted octanol–water partition coefficient (Wildman–Crippen LogP) is 2.21. The van der Waals surface area contributed by atoms with Crippen LogP contribution in [-0.2, 0) is 9.47 Å². The van der Waals surface area contributed by atoms with E-state index in [0.29, 0.717) is 18.1 Å². The van der Waals surface area contributed by atoms with E-state index in [0.717, 1.165) is 26.2 Å². The van der Waals surface area contributed by atoms with E-state index in [4.69, 9.17) is 9.47 Å². The fourth-order valence-corrected chi connectivity index (χ4v) is 2.17. The van der Waals surface area contributed by atoms with Gasteiger partial charge >= 0.3 is 0 Å². The number of hydrogen-bond acceptors (Lipinski definition) is 3. The summed E-state index contributed by atoms with van der Waals surface area (Å²) in [7, 11) is 1.77. The lowest BCUT2D eigenvalue weighted by atomic mass is 10.0. The first-order valence-electron chi connectivity index (χ1n) is 6.58. The van der Waals surface area contributed by atoms with Crippen LogP contribution in [0.5, 0.6) is 0 Å². The van der Waals surface area contributed by atoms with Crippen LogP contribution >= 0.6 is 0 Å². The Morgan fingerprint density at radius 2 is 2.19 bits per heavy atom. The van der Waals surface area contributed by atoms with Crippen LogP contribution < -0.4 is 5.32 Å². The van der Waals surface area contributed by atoms with Crippen molar-refractivity contribution in [1.82, 2.24) is 5.32 Å². The van der Waals surface area contributed by atoms with E-state index in [1.165, 1.54) is 19.3 Å². The highest BCUT2D eigenvalue weighted by Gasteiger charge is 2.17. The molecule has 0 radical (unpaired) electrons. The molecule has 1 aliphatic heterocycles. The molecule has 1 aliphatic rings. The summed E-state index contributed by atoms with van der Waals surface area (Å²) in [6.45, 7) is 7.29. The minimum Gasteiger partial charge on any atom is -0.385 e. The first-order valence-corrected chi connectivity index (χ1v) is 6.58. The molecule has 1 rings (SSSR count). The molecule has 1 heterocycles. The van der Waals surface area contributed by atoms with E-state index in [-0.39, 0.29) is 0 Å². The van der Waals surface area contributed by atoms with E-state index in [1.54, 1.807) is 7.11 Å². The van der Waals surface area contributed by atoms with Crippen molar-refractivity contribution in [3.63, 3.8) is 0 Å². The number of ether oxygens (including phenoxy) is 2. The fraction of sp³-hybridized carbons (Fsp3) is 1.00. The van der Waals surface area contributed by atoms with Gasteiger partial charge in [-0.15, -0.1) is 0 Å². The van der Waals surface area contributed by atoms with E-state index >= 15 is 0 Å². The average molecular weight is 229 g/mol. The van der Waals surface area contributed by atoms with Gasteiger partial charge in [0.1, 0.15) is 0 Å². The number of hydrogen-bond donors (Lipinski definition) is 1. The molecule has 0 aromatic heterocycles. The highest BCUT2D eigenvalue weighted by Crippen LogP contribution is 2.13. The number of methoxy groups -OCH3 is 1. The second-order valence-corrected chi connectivity index (χ2v) is 5.03. The molecule has 0 aliphatic carbocycles. The van der Waals surface area contributed by atoms with Crippen molar-refractivity contribution in [1.29, 1.82) is 0 Å². The smallest absolute Gasteiger partial charge is 0.0699 e. The van der Waals surface area contributed by atoms with Gasteiger partial charge in [0.15, 0.2) is 0 Å². The van der Waals surface area contributed by atoms with Crippen LogP contribution in [0.3, 0.4) is 0 Å². The number of nitrogens with one attached hydrogen (secondary N) is 1. The summed E-state index contributed by atoms with van der Waals surface area (Å²) in [5, 5.41) is 3.62. The van der Waals surface area contributed by atoms with Gasteiger partial charge in [-0.25, -0.2) is 0 Å². The Kier molecular flexibility index (Phi) is 7.01. The van der Waals surface area contributed by atoms with Gasteiger partial charge in [0, 0.05) is 32.9 Å². The van der Waals surface area contributed by atoms with Gasteiger partial charge in [0.25, 0.3) is 0 Å². The summed E-state index contributed by atoms with van der Waals surface area (Å²) in [6, 6.07) is 0.547. The molecular weight excluding hydrogens is 202 g/mol.